The lowest BCUT2D eigenvalue weighted by molar-refractivity contribution is -0.126. The Hall–Kier alpha value is -2.18. The Kier molecular flexibility index (Phi) is 6.07. The molecule has 1 saturated heterocycles. The fourth-order valence-corrected chi connectivity index (χ4v) is 4.68. The first-order valence-electron chi connectivity index (χ1n) is 10.4. The fraction of sp³-hybridized carbons (Fsp3) is 0.545. The largest absolute Gasteiger partial charge is 0.367 e. The molecule has 0 unspecified atom stereocenters. The smallest absolute Gasteiger partial charge is 0.259 e. The topological polar surface area (TPSA) is 59.4 Å². The number of nitrogens with zero attached hydrogens (tertiary/aromatic N) is 3. The van der Waals surface area contributed by atoms with Gasteiger partial charge in [0.25, 0.3) is 5.91 Å². The van der Waals surface area contributed by atoms with E-state index in [0.29, 0.717) is 6.04 Å². The van der Waals surface area contributed by atoms with Crippen LogP contribution in [0.2, 0.25) is 0 Å². The van der Waals surface area contributed by atoms with Gasteiger partial charge in [0.05, 0.1) is 12.2 Å². The Morgan fingerprint density at radius 1 is 1.07 bits per heavy atom. The highest BCUT2D eigenvalue weighted by molar-refractivity contribution is 5.94. The number of aromatic nitrogens is 2. The number of hydrogen-bond acceptors (Lipinski definition) is 4. The summed E-state index contributed by atoms with van der Waals surface area (Å²) < 4.78 is 7.44. The van der Waals surface area contributed by atoms with Crippen LogP contribution < -0.4 is 5.32 Å². The quantitative estimate of drug-likeness (QED) is 0.826. The average molecular weight is 383 g/mol. The first-order chi connectivity index (χ1) is 13.8. The van der Waals surface area contributed by atoms with Gasteiger partial charge in [0, 0.05) is 32.3 Å². The minimum Gasteiger partial charge on any atom is -0.367 e. The van der Waals surface area contributed by atoms with Gasteiger partial charge in [0.2, 0.25) is 0 Å². The summed E-state index contributed by atoms with van der Waals surface area (Å²) in [5, 5.41) is 7.54. The molecule has 1 amide bonds. The number of benzene rings is 1. The van der Waals surface area contributed by atoms with Crippen LogP contribution in [0.5, 0.6) is 0 Å². The molecule has 2 aliphatic rings. The molecule has 6 heteroatoms. The highest BCUT2D eigenvalue weighted by Gasteiger charge is 2.29. The van der Waals surface area contributed by atoms with E-state index in [1.54, 1.807) is 13.3 Å². The highest BCUT2D eigenvalue weighted by Crippen LogP contribution is 2.31. The second-order valence-electron chi connectivity index (χ2n) is 7.88. The van der Waals surface area contributed by atoms with Gasteiger partial charge in [-0.05, 0) is 31.2 Å². The first kappa shape index (κ1) is 19.2. The van der Waals surface area contributed by atoms with Crippen LogP contribution in [0.25, 0.3) is 0 Å². The first-order valence-corrected chi connectivity index (χ1v) is 10.4. The van der Waals surface area contributed by atoms with E-state index in [9.17, 15) is 4.79 Å². The van der Waals surface area contributed by atoms with E-state index in [0.717, 1.165) is 43.4 Å². The van der Waals surface area contributed by atoms with Crippen molar-refractivity contribution >= 4 is 11.7 Å². The van der Waals surface area contributed by atoms with Gasteiger partial charge >= 0.3 is 0 Å². The number of rotatable bonds is 6. The van der Waals surface area contributed by atoms with Gasteiger partial charge in [-0.2, -0.15) is 5.10 Å². The van der Waals surface area contributed by atoms with Crippen LogP contribution in [-0.4, -0.2) is 46.8 Å². The standard InChI is InChI=1S/C22H30N4O2/c1-28-21(17-7-3-2-4-8-17)22(27)24-20-11-14-23-26(20)19-12-15-25(16-13-19)18-9-5-6-10-18/h2-4,7-8,11,14,18-19,21H,5-6,9-10,12-13,15-16H2,1H3,(H,24,27)/t21-/m1/s1. The van der Waals surface area contributed by atoms with Crippen LogP contribution in [0, 0.1) is 0 Å². The van der Waals surface area contributed by atoms with E-state index >= 15 is 0 Å². The van der Waals surface area contributed by atoms with Crippen molar-refractivity contribution in [2.24, 2.45) is 0 Å². The Morgan fingerprint density at radius 3 is 2.46 bits per heavy atom. The molecule has 0 spiro atoms. The molecule has 1 N–H and O–H groups in total. The van der Waals surface area contributed by atoms with Crippen molar-refractivity contribution in [1.29, 1.82) is 0 Å². The third-order valence-electron chi connectivity index (χ3n) is 6.18. The van der Waals surface area contributed by atoms with E-state index in [-0.39, 0.29) is 5.91 Å². The summed E-state index contributed by atoms with van der Waals surface area (Å²) in [5.41, 5.74) is 0.846. The van der Waals surface area contributed by atoms with Gasteiger partial charge in [0.1, 0.15) is 5.82 Å². The van der Waals surface area contributed by atoms with Gasteiger partial charge in [-0.15, -0.1) is 0 Å². The Labute approximate surface area is 166 Å². The van der Waals surface area contributed by atoms with Crippen molar-refractivity contribution in [3.63, 3.8) is 0 Å². The predicted octanol–water partition coefficient (Wildman–Crippen LogP) is 3.79. The second-order valence-corrected chi connectivity index (χ2v) is 7.88. The SMILES string of the molecule is CO[C@@H](C(=O)Nc1ccnn1C1CCN(C2CCCC2)CC1)c1ccccc1. The van der Waals surface area contributed by atoms with Crippen molar-refractivity contribution in [2.75, 3.05) is 25.5 Å². The molecule has 1 aliphatic carbocycles. The molecule has 1 aromatic carbocycles. The maximum Gasteiger partial charge on any atom is 0.259 e. The van der Waals surface area contributed by atoms with Crippen molar-refractivity contribution < 1.29 is 9.53 Å². The second kappa shape index (κ2) is 8.88. The number of amides is 1. The third kappa shape index (κ3) is 4.13. The number of ether oxygens (including phenoxy) is 1. The lowest BCUT2D eigenvalue weighted by atomic mass is 10.0. The molecular weight excluding hydrogens is 352 g/mol. The maximum atomic E-state index is 12.8. The number of carbonyl (C=O) groups excluding carboxylic acids is 1. The summed E-state index contributed by atoms with van der Waals surface area (Å²) in [6, 6.07) is 12.6. The molecule has 0 radical (unpaired) electrons. The van der Waals surface area contributed by atoms with Crippen LogP contribution in [0.1, 0.15) is 56.2 Å². The van der Waals surface area contributed by atoms with Gasteiger partial charge < -0.3 is 15.0 Å². The number of piperidine rings is 1. The molecule has 4 rings (SSSR count). The molecular formula is C22H30N4O2. The summed E-state index contributed by atoms with van der Waals surface area (Å²) in [6.07, 6.45) is 8.75. The van der Waals surface area contributed by atoms with Crippen molar-refractivity contribution in [3.05, 3.63) is 48.2 Å². The molecule has 1 saturated carbocycles. The van der Waals surface area contributed by atoms with E-state index in [1.165, 1.54) is 25.7 Å². The molecule has 0 bridgehead atoms. The summed E-state index contributed by atoms with van der Waals surface area (Å²) in [6.45, 7) is 2.24. The third-order valence-corrected chi connectivity index (χ3v) is 6.18. The maximum absolute atomic E-state index is 12.8. The average Bonchev–Trinajstić information content (AvgIpc) is 3.42. The minimum atomic E-state index is -0.631. The molecule has 1 atom stereocenters. The van der Waals surface area contributed by atoms with Gasteiger partial charge in [0.15, 0.2) is 6.10 Å². The molecule has 28 heavy (non-hydrogen) atoms. The Bertz CT molecular complexity index is 762. The number of likely N-dealkylation sites (tertiary alicyclic amines) is 1. The van der Waals surface area contributed by atoms with E-state index in [2.05, 4.69) is 15.3 Å². The lowest BCUT2D eigenvalue weighted by Crippen LogP contribution is -2.41. The van der Waals surface area contributed by atoms with E-state index in [4.69, 9.17) is 4.74 Å². The van der Waals surface area contributed by atoms with E-state index < -0.39 is 6.10 Å². The highest BCUT2D eigenvalue weighted by atomic mass is 16.5. The summed E-state index contributed by atoms with van der Waals surface area (Å²) >= 11 is 0. The number of methoxy groups -OCH3 is 1. The molecule has 150 valence electrons. The molecule has 2 heterocycles. The molecule has 6 nitrogen and oxygen atoms in total. The van der Waals surface area contributed by atoms with Crippen molar-refractivity contribution in [1.82, 2.24) is 14.7 Å². The van der Waals surface area contributed by atoms with Crippen LogP contribution in [0.3, 0.4) is 0 Å². The number of anilines is 1. The molecule has 1 aromatic heterocycles. The summed E-state index contributed by atoms with van der Waals surface area (Å²) in [7, 11) is 1.56. The zero-order valence-corrected chi connectivity index (χ0v) is 16.6. The molecule has 2 fully saturated rings. The van der Waals surface area contributed by atoms with Crippen LogP contribution in [-0.2, 0) is 9.53 Å². The van der Waals surface area contributed by atoms with Crippen LogP contribution >= 0.6 is 0 Å². The minimum absolute atomic E-state index is 0.168. The Morgan fingerprint density at radius 2 is 1.79 bits per heavy atom. The molecule has 1 aliphatic heterocycles. The Balaban J connectivity index is 1.39. The number of hydrogen-bond donors (Lipinski definition) is 1. The van der Waals surface area contributed by atoms with Gasteiger partial charge in [-0.3, -0.25) is 4.79 Å². The zero-order chi connectivity index (χ0) is 19.3. The van der Waals surface area contributed by atoms with Crippen molar-refractivity contribution in [3.8, 4) is 0 Å². The van der Waals surface area contributed by atoms with E-state index in [1.807, 2.05) is 41.1 Å². The normalized spacial score (nSPS) is 20.3. The number of carbonyl (C=O) groups is 1. The van der Waals surface area contributed by atoms with Crippen LogP contribution in [0.15, 0.2) is 42.6 Å². The van der Waals surface area contributed by atoms with Gasteiger partial charge in [-0.25, -0.2) is 4.68 Å². The van der Waals surface area contributed by atoms with Gasteiger partial charge in [-0.1, -0.05) is 43.2 Å². The summed E-state index contributed by atoms with van der Waals surface area (Å²) in [4.78, 5) is 15.5. The molecule has 2 aromatic rings. The summed E-state index contributed by atoms with van der Waals surface area (Å²) in [5.74, 6) is 0.584. The van der Waals surface area contributed by atoms with Crippen LogP contribution in [0.4, 0.5) is 5.82 Å². The predicted molar refractivity (Wildman–Crippen MR) is 109 cm³/mol. The lowest BCUT2D eigenvalue weighted by Gasteiger charge is -2.36. The fourth-order valence-electron chi connectivity index (χ4n) is 4.68. The number of nitrogens with one attached hydrogen (secondary N) is 1. The zero-order valence-electron chi connectivity index (χ0n) is 16.6. The monoisotopic (exact) mass is 382 g/mol. The van der Waals surface area contributed by atoms with Crippen molar-refractivity contribution in [2.45, 2.75) is 56.7 Å².